The maximum atomic E-state index is 12.3. The standard InChI is InChI=1S/C15H17F3O5S/c1-2-3-14(19)22-12-6-4-11-9-13(7-5-10(11)8-12)23-24(20,21)15(16,17)18/h5,7,9,12H,2-4,6,8H2,1H3. The summed E-state index contributed by atoms with van der Waals surface area (Å²) in [5.74, 6) is -0.658. The number of esters is 1. The summed E-state index contributed by atoms with van der Waals surface area (Å²) in [4.78, 5) is 11.5. The lowest BCUT2D eigenvalue weighted by molar-refractivity contribution is -0.149. The molecule has 0 fully saturated rings. The average Bonchev–Trinajstić information content (AvgIpc) is 2.46. The SMILES string of the molecule is CCCC(=O)OC1CCc2cc(OS(=O)(=O)C(F)(F)F)ccc2C1. The van der Waals surface area contributed by atoms with E-state index in [-0.39, 0.29) is 17.8 Å². The van der Waals surface area contributed by atoms with Gasteiger partial charge in [-0.3, -0.25) is 4.79 Å². The fourth-order valence-corrected chi connectivity index (χ4v) is 2.92. The Morgan fingerprint density at radius 2 is 2.00 bits per heavy atom. The Labute approximate surface area is 137 Å². The summed E-state index contributed by atoms with van der Waals surface area (Å²) < 4.78 is 68.5. The minimum atomic E-state index is -5.68. The maximum Gasteiger partial charge on any atom is 0.534 e. The molecule has 0 amide bonds. The van der Waals surface area contributed by atoms with Crippen LogP contribution in [-0.4, -0.2) is 26.0 Å². The Morgan fingerprint density at radius 3 is 2.62 bits per heavy atom. The highest BCUT2D eigenvalue weighted by Crippen LogP contribution is 2.31. The van der Waals surface area contributed by atoms with E-state index in [4.69, 9.17) is 4.74 Å². The van der Waals surface area contributed by atoms with Gasteiger partial charge in [0.1, 0.15) is 11.9 Å². The number of aryl methyl sites for hydroxylation is 1. The molecule has 0 aliphatic heterocycles. The molecule has 0 N–H and O–H groups in total. The van der Waals surface area contributed by atoms with E-state index >= 15 is 0 Å². The van der Waals surface area contributed by atoms with Crippen LogP contribution in [-0.2, 0) is 32.5 Å². The maximum absolute atomic E-state index is 12.3. The molecule has 0 spiro atoms. The quantitative estimate of drug-likeness (QED) is 0.455. The molecular formula is C15H17F3O5S. The number of rotatable bonds is 5. The summed E-state index contributed by atoms with van der Waals surface area (Å²) in [6.45, 7) is 1.87. The van der Waals surface area contributed by atoms with Crippen LogP contribution in [0, 0.1) is 0 Å². The molecule has 1 aromatic carbocycles. The number of halogens is 3. The lowest BCUT2D eigenvalue weighted by Gasteiger charge is -2.25. The molecule has 0 heterocycles. The molecule has 5 nitrogen and oxygen atoms in total. The van der Waals surface area contributed by atoms with Crippen LogP contribution < -0.4 is 4.18 Å². The third-order valence-corrected chi connectivity index (χ3v) is 4.58. The third kappa shape index (κ3) is 4.40. The number of benzene rings is 1. The average molecular weight is 366 g/mol. The van der Waals surface area contributed by atoms with Gasteiger partial charge in [0, 0.05) is 12.8 Å². The fourth-order valence-electron chi connectivity index (χ4n) is 2.47. The highest BCUT2D eigenvalue weighted by atomic mass is 32.2. The topological polar surface area (TPSA) is 69.7 Å². The minimum Gasteiger partial charge on any atom is -0.462 e. The van der Waals surface area contributed by atoms with Gasteiger partial charge in [0.2, 0.25) is 0 Å². The second kappa shape index (κ2) is 7.00. The summed E-state index contributed by atoms with van der Waals surface area (Å²) in [6.07, 6.45) is 2.18. The van der Waals surface area contributed by atoms with Crippen molar-refractivity contribution in [2.24, 2.45) is 0 Å². The van der Waals surface area contributed by atoms with Crippen molar-refractivity contribution in [3.05, 3.63) is 29.3 Å². The van der Waals surface area contributed by atoms with Crippen LogP contribution in [0.5, 0.6) is 5.75 Å². The van der Waals surface area contributed by atoms with Crippen LogP contribution in [0.4, 0.5) is 13.2 Å². The zero-order chi connectivity index (χ0) is 18.0. The van der Waals surface area contributed by atoms with E-state index in [1.165, 1.54) is 18.2 Å². The van der Waals surface area contributed by atoms with Crippen LogP contribution in [0.1, 0.15) is 37.3 Å². The van der Waals surface area contributed by atoms with Crippen molar-refractivity contribution in [1.29, 1.82) is 0 Å². The highest BCUT2D eigenvalue weighted by Gasteiger charge is 2.48. The molecular weight excluding hydrogens is 349 g/mol. The van der Waals surface area contributed by atoms with Gasteiger partial charge >= 0.3 is 21.6 Å². The van der Waals surface area contributed by atoms with Crippen LogP contribution in [0.3, 0.4) is 0 Å². The van der Waals surface area contributed by atoms with E-state index < -0.39 is 15.6 Å². The molecule has 0 bridgehead atoms. The van der Waals surface area contributed by atoms with Crippen molar-refractivity contribution in [2.45, 2.75) is 50.6 Å². The first-order chi connectivity index (χ1) is 11.1. The second-order valence-electron chi connectivity index (χ2n) is 5.52. The van der Waals surface area contributed by atoms with Gasteiger partial charge < -0.3 is 8.92 Å². The molecule has 0 aromatic heterocycles. The minimum absolute atomic E-state index is 0.276. The molecule has 0 radical (unpaired) electrons. The summed E-state index contributed by atoms with van der Waals surface area (Å²) >= 11 is 0. The first-order valence-corrected chi connectivity index (χ1v) is 8.85. The van der Waals surface area contributed by atoms with Crippen molar-refractivity contribution >= 4 is 16.1 Å². The predicted octanol–water partition coefficient (Wildman–Crippen LogP) is 3.12. The summed E-state index contributed by atoms with van der Waals surface area (Å²) in [6, 6.07) is 3.94. The molecule has 0 saturated heterocycles. The number of hydrogen-bond acceptors (Lipinski definition) is 5. The highest BCUT2D eigenvalue weighted by molar-refractivity contribution is 7.88. The van der Waals surface area contributed by atoms with Gasteiger partial charge in [0.25, 0.3) is 0 Å². The monoisotopic (exact) mass is 366 g/mol. The van der Waals surface area contributed by atoms with Crippen molar-refractivity contribution < 1.29 is 35.3 Å². The molecule has 9 heteroatoms. The van der Waals surface area contributed by atoms with Crippen LogP contribution in [0.25, 0.3) is 0 Å². The van der Waals surface area contributed by atoms with Crippen LogP contribution in [0.15, 0.2) is 18.2 Å². The molecule has 24 heavy (non-hydrogen) atoms. The van der Waals surface area contributed by atoms with E-state index in [9.17, 15) is 26.4 Å². The van der Waals surface area contributed by atoms with Crippen molar-refractivity contribution in [1.82, 2.24) is 0 Å². The molecule has 134 valence electrons. The van der Waals surface area contributed by atoms with E-state index in [1.807, 2.05) is 6.92 Å². The molecule has 2 rings (SSSR count). The lowest BCUT2D eigenvalue weighted by atomic mass is 9.89. The number of fused-ring (bicyclic) bond motifs is 1. The number of hydrogen-bond donors (Lipinski definition) is 0. The third-order valence-electron chi connectivity index (χ3n) is 3.60. The summed E-state index contributed by atoms with van der Waals surface area (Å²) in [5.41, 5.74) is -3.98. The molecule has 1 aliphatic rings. The van der Waals surface area contributed by atoms with E-state index in [2.05, 4.69) is 4.18 Å². The Kier molecular flexibility index (Phi) is 5.42. The van der Waals surface area contributed by atoms with Crippen molar-refractivity contribution in [2.75, 3.05) is 0 Å². The zero-order valence-electron chi connectivity index (χ0n) is 12.9. The van der Waals surface area contributed by atoms with E-state index in [1.54, 1.807) is 0 Å². The van der Waals surface area contributed by atoms with Gasteiger partial charge in [-0.15, -0.1) is 0 Å². The molecule has 1 aromatic rings. The van der Waals surface area contributed by atoms with E-state index in [0.29, 0.717) is 37.7 Å². The number of carbonyl (C=O) groups is 1. The fraction of sp³-hybridized carbons (Fsp3) is 0.533. The predicted molar refractivity (Wildman–Crippen MR) is 78.9 cm³/mol. The zero-order valence-corrected chi connectivity index (χ0v) is 13.7. The number of alkyl halides is 3. The second-order valence-corrected chi connectivity index (χ2v) is 7.06. The van der Waals surface area contributed by atoms with Gasteiger partial charge in [-0.05, 0) is 42.5 Å². The summed E-state index contributed by atoms with van der Waals surface area (Å²) in [7, 11) is -5.68. The lowest BCUT2D eigenvalue weighted by Crippen LogP contribution is -2.28. The van der Waals surface area contributed by atoms with Gasteiger partial charge in [0.15, 0.2) is 0 Å². The van der Waals surface area contributed by atoms with Gasteiger partial charge in [-0.2, -0.15) is 21.6 Å². The van der Waals surface area contributed by atoms with Gasteiger partial charge in [-0.1, -0.05) is 13.0 Å². The first-order valence-electron chi connectivity index (χ1n) is 7.44. The number of ether oxygens (including phenoxy) is 1. The van der Waals surface area contributed by atoms with Crippen LogP contribution >= 0.6 is 0 Å². The Balaban J connectivity index is 2.08. The smallest absolute Gasteiger partial charge is 0.462 e. The number of carbonyl (C=O) groups excluding carboxylic acids is 1. The summed E-state index contributed by atoms with van der Waals surface area (Å²) in [5, 5.41) is 0. The van der Waals surface area contributed by atoms with Gasteiger partial charge in [-0.25, -0.2) is 0 Å². The Morgan fingerprint density at radius 1 is 1.29 bits per heavy atom. The van der Waals surface area contributed by atoms with Gasteiger partial charge in [0.05, 0.1) is 0 Å². The molecule has 1 unspecified atom stereocenters. The van der Waals surface area contributed by atoms with Crippen molar-refractivity contribution in [3.8, 4) is 5.75 Å². The Hall–Kier alpha value is -1.77. The van der Waals surface area contributed by atoms with Crippen molar-refractivity contribution in [3.63, 3.8) is 0 Å². The molecule has 0 saturated carbocycles. The first kappa shape index (κ1) is 18.6. The normalized spacial score (nSPS) is 17.9. The largest absolute Gasteiger partial charge is 0.534 e. The Bertz CT molecular complexity index is 712. The van der Waals surface area contributed by atoms with E-state index in [0.717, 1.165) is 5.56 Å². The molecule has 1 atom stereocenters. The molecule has 1 aliphatic carbocycles. The van der Waals surface area contributed by atoms with Crippen LogP contribution in [0.2, 0.25) is 0 Å².